The molecule has 0 atom stereocenters. The molecule has 0 saturated heterocycles. The van der Waals surface area contributed by atoms with Gasteiger partial charge in [-0.25, -0.2) is 14.5 Å². The summed E-state index contributed by atoms with van der Waals surface area (Å²) in [6.45, 7) is 0. The summed E-state index contributed by atoms with van der Waals surface area (Å²) in [5.74, 6) is 0.677. The van der Waals surface area contributed by atoms with E-state index < -0.39 is 0 Å². The Morgan fingerprint density at radius 2 is 1.38 bits per heavy atom. The van der Waals surface area contributed by atoms with Gasteiger partial charge >= 0.3 is 0 Å². The molecule has 0 fully saturated rings. The first-order valence-corrected chi connectivity index (χ1v) is 11.1. The Hall–Kier alpha value is -3.77. The van der Waals surface area contributed by atoms with Crippen LogP contribution in [0.15, 0.2) is 95.7 Å². The summed E-state index contributed by atoms with van der Waals surface area (Å²) < 4.78 is 4.96. The van der Waals surface area contributed by atoms with E-state index in [9.17, 15) is 0 Å². The molecule has 3 aromatic heterocycles. The number of halogens is 1. The molecule has 32 heavy (non-hydrogen) atoms. The zero-order valence-electron chi connectivity index (χ0n) is 17.3. The van der Waals surface area contributed by atoms with E-state index >= 15 is 0 Å². The molecule has 0 aliphatic heterocycles. The van der Waals surface area contributed by atoms with Crippen LogP contribution in [0.1, 0.15) is 0 Å². The second-order valence-corrected chi connectivity index (χ2v) is 8.58. The highest BCUT2D eigenvalue weighted by Crippen LogP contribution is 2.41. The van der Waals surface area contributed by atoms with Crippen LogP contribution in [-0.2, 0) is 7.05 Å². The van der Waals surface area contributed by atoms with Gasteiger partial charge in [0.2, 0.25) is 0 Å². The van der Waals surface area contributed by atoms with E-state index in [0.29, 0.717) is 5.82 Å². The quantitative estimate of drug-likeness (QED) is 0.295. The van der Waals surface area contributed by atoms with Crippen molar-refractivity contribution in [3.63, 3.8) is 0 Å². The van der Waals surface area contributed by atoms with Gasteiger partial charge in [-0.1, -0.05) is 88.7 Å². The fourth-order valence-electron chi connectivity index (χ4n) is 4.26. The summed E-state index contributed by atoms with van der Waals surface area (Å²) in [6.07, 6.45) is 1.75. The molecule has 0 amide bonds. The van der Waals surface area contributed by atoms with E-state index in [0.717, 1.165) is 49.1 Å². The topological polar surface area (TPSA) is 48.0 Å². The molecule has 3 heterocycles. The molecular weight excluding hydrogens is 462 g/mol. The number of hydrogen-bond donors (Lipinski definition) is 0. The highest BCUT2D eigenvalue weighted by molar-refractivity contribution is 9.10. The van der Waals surface area contributed by atoms with Crippen molar-refractivity contribution in [2.45, 2.75) is 0 Å². The average molecular weight is 480 g/mol. The van der Waals surface area contributed by atoms with Crippen LogP contribution in [0.3, 0.4) is 0 Å². The fraction of sp³-hybridized carbons (Fsp3) is 0.0385. The van der Waals surface area contributed by atoms with Crippen LogP contribution in [0.4, 0.5) is 0 Å². The summed E-state index contributed by atoms with van der Waals surface area (Å²) >= 11 is 3.49. The Bertz CT molecular complexity index is 1570. The third kappa shape index (κ3) is 2.95. The lowest BCUT2D eigenvalue weighted by Crippen LogP contribution is -1.95. The second-order valence-electron chi connectivity index (χ2n) is 7.67. The minimum Gasteiger partial charge on any atom is -0.328 e. The van der Waals surface area contributed by atoms with E-state index in [1.54, 1.807) is 10.8 Å². The van der Waals surface area contributed by atoms with E-state index in [4.69, 9.17) is 15.1 Å². The lowest BCUT2D eigenvalue weighted by atomic mass is 9.99. The van der Waals surface area contributed by atoms with Crippen molar-refractivity contribution in [3.05, 3.63) is 95.7 Å². The van der Waals surface area contributed by atoms with Gasteiger partial charge in [-0.15, -0.1) is 5.10 Å². The number of rotatable bonds is 3. The number of aryl methyl sites for hydroxylation is 1. The lowest BCUT2D eigenvalue weighted by Gasteiger charge is -2.08. The molecule has 0 spiro atoms. The summed E-state index contributed by atoms with van der Waals surface area (Å²) in [5, 5.41) is 5.72. The lowest BCUT2D eigenvalue weighted by molar-refractivity contribution is 0.910. The van der Waals surface area contributed by atoms with Crippen molar-refractivity contribution in [3.8, 4) is 33.8 Å². The number of aromatic nitrogens is 5. The normalized spacial score (nSPS) is 11.4. The molecule has 0 aliphatic carbocycles. The molecule has 0 saturated carbocycles. The molecule has 6 aromatic rings. The maximum atomic E-state index is 4.96. The maximum Gasteiger partial charge on any atom is 0.182 e. The van der Waals surface area contributed by atoms with Gasteiger partial charge in [0.15, 0.2) is 11.5 Å². The minimum atomic E-state index is 0.677. The molecular formula is C26H18BrN5. The summed E-state index contributed by atoms with van der Waals surface area (Å²) in [5.41, 5.74) is 7.13. The van der Waals surface area contributed by atoms with Crippen molar-refractivity contribution in [1.29, 1.82) is 0 Å². The van der Waals surface area contributed by atoms with Gasteiger partial charge in [-0.3, -0.25) is 0 Å². The van der Waals surface area contributed by atoms with E-state index in [1.807, 2.05) is 36.4 Å². The monoisotopic (exact) mass is 479 g/mol. The Morgan fingerprint density at radius 3 is 2.06 bits per heavy atom. The average Bonchev–Trinajstić information content (AvgIpc) is 3.40. The zero-order valence-corrected chi connectivity index (χ0v) is 18.9. The van der Waals surface area contributed by atoms with Gasteiger partial charge in [0.05, 0.1) is 11.1 Å². The Morgan fingerprint density at radius 1 is 0.719 bits per heavy atom. The smallest absolute Gasteiger partial charge is 0.182 e. The van der Waals surface area contributed by atoms with E-state index in [2.05, 4.69) is 76.1 Å². The van der Waals surface area contributed by atoms with Gasteiger partial charge in [-0.05, 0) is 23.3 Å². The maximum absolute atomic E-state index is 4.96. The largest absolute Gasteiger partial charge is 0.328 e. The van der Waals surface area contributed by atoms with Crippen molar-refractivity contribution in [2.75, 3.05) is 0 Å². The van der Waals surface area contributed by atoms with Crippen LogP contribution in [0.2, 0.25) is 0 Å². The zero-order chi connectivity index (χ0) is 21.7. The van der Waals surface area contributed by atoms with Crippen LogP contribution in [0.25, 0.3) is 50.5 Å². The number of benzene rings is 3. The van der Waals surface area contributed by atoms with Gasteiger partial charge < -0.3 is 4.57 Å². The van der Waals surface area contributed by atoms with Gasteiger partial charge in [0.1, 0.15) is 12.0 Å². The van der Waals surface area contributed by atoms with Crippen molar-refractivity contribution < 1.29 is 0 Å². The van der Waals surface area contributed by atoms with Gasteiger partial charge in [0, 0.05) is 22.6 Å². The Kier molecular flexibility index (Phi) is 4.40. The van der Waals surface area contributed by atoms with Crippen LogP contribution in [0, 0.1) is 0 Å². The predicted molar refractivity (Wildman–Crippen MR) is 131 cm³/mol. The van der Waals surface area contributed by atoms with Crippen LogP contribution >= 0.6 is 15.9 Å². The molecule has 0 radical (unpaired) electrons. The van der Waals surface area contributed by atoms with Gasteiger partial charge in [0.25, 0.3) is 0 Å². The first kappa shape index (κ1) is 19.0. The number of hydrogen-bond acceptors (Lipinski definition) is 3. The summed E-state index contributed by atoms with van der Waals surface area (Å²) in [7, 11) is 2.06. The van der Waals surface area contributed by atoms with Crippen LogP contribution in [-0.4, -0.2) is 24.1 Å². The molecule has 0 N–H and O–H groups in total. The van der Waals surface area contributed by atoms with Crippen molar-refractivity contribution in [1.82, 2.24) is 24.1 Å². The van der Waals surface area contributed by atoms with Crippen molar-refractivity contribution >= 4 is 32.6 Å². The van der Waals surface area contributed by atoms with Gasteiger partial charge in [-0.2, -0.15) is 0 Å². The molecule has 6 heteroatoms. The molecule has 0 bridgehead atoms. The van der Waals surface area contributed by atoms with Crippen LogP contribution in [0.5, 0.6) is 0 Å². The van der Waals surface area contributed by atoms with E-state index in [1.165, 1.54) is 0 Å². The first-order valence-electron chi connectivity index (χ1n) is 10.3. The molecule has 0 unspecified atom stereocenters. The highest BCUT2D eigenvalue weighted by Gasteiger charge is 2.23. The van der Waals surface area contributed by atoms with E-state index in [-0.39, 0.29) is 0 Å². The third-order valence-corrected chi connectivity index (χ3v) is 6.25. The summed E-state index contributed by atoms with van der Waals surface area (Å²) in [4.78, 5) is 9.74. The number of fused-ring (bicyclic) bond motifs is 3. The highest BCUT2D eigenvalue weighted by atomic mass is 79.9. The molecule has 0 aliphatic rings. The Labute approximate surface area is 193 Å². The minimum absolute atomic E-state index is 0.677. The standard InChI is InChI=1S/C26H18BrN5/c1-31-23(18-10-6-3-7-11-18)21(17-8-4-2-5-9-17)22-25(31)28-16-32-26(22)29-24(30-32)19-12-14-20(27)15-13-19/h2-16H,1H3. The SMILES string of the molecule is Cn1c(-c2ccccc2)c(-c2ccccc2)c2c1ncn1nc(-c3ccc(Br)cc3)nc21. The molecule has 154 valence electrons. The van der Waals surface area contributed by atoms with Crippen LogP contribution < -0.4 is 0 Å². The fourth-order valence-corrected chi connectivity index (χ4v) is 4.52. The summed E-state index contributed by atoms with van der Waals surface area (Å²) in [6, 6.07) is 28.9. The molecule has 5 nitrogen and oxygen atoms in total. The first-order chi connectivity index (χ1) is 15.7. The molecule has 3 aromatic carbocycles. The predicted octanol–water partition coefficient (Wildman–Crippen LogP) is 6.38. The third-order valence-electron chi connectivity index (χ3n) is 5.72. The van der Waals surface area contributed by atoms with Crippen molar-refractivity contribution in [2.24, 2.45) is 7.05 Å². The Balaban J connectivity index is 1.72. The second kappa shape index (κ2) is 7.43. The number of nitrogens with zero attached hydrogens (tertiary/aromatic N) is 5. The molecule has 6 rings (SSSR count).